The van der Waals surface area contributed by atoms with Crippen molar-refractivity contribution in [3.63, 3.8) is 0 Å². The summed E-state index contributed by atoms with van der Waals surface area (Å²) < 4.78 is 0. The van der Waals surface area contributed by atoms with Gasteiger partial charge in [0.15, 0.2) is 0 Å². The molecule has 0 aromatic rings. The van der Waals surface area contributed by atoms with Gasteiger partial charge in [-0.1, -0.05) is 0 Å². The summed E-state index contributed by atoms with van der Waals surface area (Å²) in [4.78, 5) is 13.9. The summed E-state index contributed by atoms with van der Waals surface area (Å²) >= 11 is 0. The lowest BCUT2D eigenvalue weighted by Crippen LogP contribution is -2.55. The van der Waals surface area contributed by atoms with Gasteiger partial charge in [-0.3, -0.25) is 4.79 Å². The summed E-state index contributed by atoms with van der Waals surface area (Å²) in [5.41, 5.74) is 0. The fourth-order valence-corrected chi connectivity index (χ4v) is 3.58. The number of piperidine rings is 2. The van der Waals surface area contributed by atoms with Gasteiger partial charge in [0, 0.05) is 38.1 Å². The van der Waals surface area contributed by atoms with Gasteiger partial charge in [0.25, 0.3) is 0 Å². The van der Waals surface area contributed by atoms with Crippen molar-refractivity contribution in [2.45, 2.75) is 44.2 Å². The van der Waals surface area contributed by atoms with Crippen molar-refractivity contribution in [2.75, 3.05) is 26.2 Å². The average Bonchev–Trinajstić information content (AvgIpc) is 2.82. The zero-order valence-corrected chi connectivity index (χ0v) is 10.5. The highest BCUT2D eigenvalue weighted by Crippen LogP contribution is 2.25. The molecule has 3 heterocycles. The summed E-state index contributed by atoms with van der Waals surface area (Å²) in [6.45, 7) is 4.74. The van der Waals surface area contributed by atoms with Crippen molar-refractivity contribution in [2.24, 2.45) is 5.92 Å². The summed E-state index contributed by atoms with van der Waals surface area (Å²) in [5.74, 6) is 0.958. The number of carbonyl (C=O) groups is 1. The van der Waals surface area contributed by atoms with Crippen LogP contribution in [0.3, 0.4) is 0 Å². The van der Waals surface area contributed by atoms with Crippen LogP contribution in [0.2, 0.25) is 0 Å². The monoisotopic (exact) mass is 237 g/mol. The maximum absolute atomic E-state index is 11.3. The number of carbonyl (C=O) groups excluding carboxylic acids is 1. The highest BCUT2D eigenvalue weighted by atomic mass is 16.1. The number of hydrogen-bond donors (Lipinski definition) is 2. The van der Waals surface area contributed by atoms with Gasteiger partial charge in [-0.05, 0) is 38.1 Å². The van der Waals surface area contributed by atoms with Crippen molar-refractivity contribution in [3.05, 3.63) is 0 Å². The first-order valence-electron chi connectivity index (χ1n) is 7.06. The summed E-state index contributed by atoms with van der Waals surface area (Å²) in [5, 5.41) is 6.72. The summed E-state index contributed by atoms with van der Waals surface area (Å²) in [6, 6.07) is 1.17. The molecule has 4 nitrogen and oxygen atoms in total. The van der Waals surface area contributed by atoms with Crippen LogP contribution in [0, 0.1) is 5.92 Å². The van der Waals surface area contributed by atoms with Gasteiger partial charge in [0.05, 0.1) is 0 Å². The van der Waals surface area contributed by atoms with E-state index in [1.807, 2.05) is 0 Å². The summed E-state index contributed by atoms with van der Waals surface area (Å²) in [7, 11) is 0. The Bertz CT molecular complexity index is 288. The lowest BCUT2D eigenvalue weighted by Gasteiger charge is -2.42. The van der Waals surface area contributed by atoms with E-state index in [-0.39, 0.29) is 5.91 Å². The number of amides is 1. The number of nitrogens with zero attached hydrogens (tertiary/aromatic N) is 1. The van der Waals surface area contributed by atoms with Crippen molar-refractivity contribution in [1.82, 2.24) is 15.5 Å². The van der Waals surface area contributed by atoms with Crippen molar-refractivity contribution >= 4 is 5.91 Å². The van der Waals surface area contributed by atoms with Gasteiger partial charge in [-0.2, -0.15) is 0 Å². The molecular formula is C13H23N3O. The van der Waals surface area contributed by atoms with Gasteiger partial charge >= 0.3 is 0 Å². The number of nitrogens with one attached hydrogen (secondary N) is 2. The molecule has 1 amide bonds. The number of likely N-dealkylation sites (tertiary alicyclic amines) is 1. The van der Waals surface area contributed by atoms with Gasteiger partial charge in [-0.15, -0.1) is 0 Å². The van der Waals surface area contributed by atoms with E-state index < -0.39 is 0 Å². The molecule has 0 aliphatic carbocycles. The van der Waals surface area contributed by atoms with E-state index in [1.165, 1.54) is 32.5 Å². The second-order valence-electron chi connectivity index (χ2n) is 5.81. The van der Waals surface area contributed by atoms with E-state index >= 15 is 0 Å². The third-order valence-electron chi connectivity index (χ3n) is 4.55. The Morgan fingerprint density at radius 2 is 2.24 bits per heavy atom. The molecule has 3 saturated heterocycles. The predicted octanol–water partition coefficient (Wildman–Crippen LogP) is 0.339. The quantitative estimate of drug-likeness (QED) is 0.728. The highest BCUT2D eigenvalue weighted by molar-refractivity contribution is 5.77. The molecule has 17 heavy (non-hydrogen) atoms. The molecular weight excluding hydrogens is 214 g/mol. The lowest BCUT2D eigenvalue weighted by atomic mass is 9.85. The van der Waals surface area contributed by atoms with Crippen LogP contribution in [0.4, 0.5) is 0 Å². The van der Waals surface area contributed by atoms with E-state index in [1.54, 1.807) is 0 Å². The normalized spacial score (nSPS) is 38.8. The molecule has 96 valence electrons. The molecule has 3 aliphatic rings. The minimum atomic E-state index is 0.261. The first-order valence-corrected chi connectivity index (χ1v) is 7.06. The molecule has 3 unspecified atom stereocenters. The maximum Gasteiger partial charge on any atom is 0.220 e. The third-order valence-corrected chi connectivity index (χ3v) is 4.55. The molecule has 0 spiro atoms. The molecule has 3 fully saturated rings. The largest absolute Gasteiger partial charge is 0.353 e. The van der Waals surface area contributed by atoms with Crippen LogP contribution in [0.25, 0.3) is 0 Å². The Labute approximate surface area is 103 Å². The van der Waals surface area contributed by atoms with Gasteiger partial charge < -0.3 is 15.5 Å². The molecule has 2 N–H and O–H groups in total. The molecule has 0 radical (unpaired) electrons. The van der Waals surface area contributed by atoms with Crippen LogP contribution in [0.1, 0.15) is 32.1 Å². The smallest absolute Gasteiger partial charge is 0.220 e. The Morgan fingerprint density at radius 3 is 3.06 bits per heavy atom. The first-order chi connectivity index (χ1) is 8.31. The number of rotatable bonds is 2. The van der Waals surface area contributed by atoms with Crippen molar-refractivity contribution in [1.29, 1.82) is 0 Å². The standard InChI is InChI=1S/C13H23N3O/c17-13-4-3-10-8-16(7-5-12(10)15-13)9-11-2-1-6-14-11/h10-12,14H,1-9H2,(H,15,17). The third kappa shape index (κ3) is 2.63. The summed E-state index contributed by atoms with van der Waals surface area (Å²) in [6.07, 6.45) is 5.63. The Hall–Kier alpha value is -0.610. The number of hydrogen-bond acceptors (Lipinski definition) is 3. The fourth-order valence-electron chi connectivity index (χ4n) is 3.58. The molecule has 0 bridgehead atoms. The molecule has 3 aliphatic heterocycles. The zero-order chi connectivity index (χ0) is 11.7. The highest BCUT2D eigenvalue weighted by Gasteiger charge is 2.34. The maximum atomic E-state index is 11.3. The first kappa shape index (κ1) is 11.5. The lowest BCUT2D eigenvalue weighted by molar-refractivity contribution is -0.125. The molecule has 0 aromatic heterocycles. The van der Waals surface area contributed by atoms with Crippen LogP contribution < -0.4 is 10.6 Å². The van der Waals surface area contributed by atoms with Gasteiger partial charge in [0.2, 0.25) is 5.91 Å². The second kappa shape index (κ2) is 4.94. The predicted molar refractivity (Wildman–Crippen MR) is 66.7 cm³/mol. The fraction of sp³-hybridized carbons (Fsp3) is 0.923. The van der Waals surface area contributed by atoms with Crippen LogP contribution in [-0.4, -0.2) is 49.1 Å². The topological polar surface area (TPSA) is 44.4 Å². The second-order valence-corrected chi connectivity index (χ2v) is 5.81. The van der Waals surface area contributed by atoms with Crippen LogP contribution in [-0.2, 0) is 4.79 Å². The van der Waals surface area contributed by atoms with E-state index in [0.29, 0.717) is 18.0 Å². The average molecular weight is 237 g/mol. The van der Waals surface area contributed by atoms with Crippen molar-refractivity contribution in [3.8, 4) is 0 Å². The van der Waals surface area contributed by atoms with Crippen LogP contribution in [0.15, 0.2) is 0 Å². The molecule has 3 atom stereocenters. The zero-order valence-electron chi connectivity index (χ0n) is 10.5. The minimum absolute atomic E-state index is 0.261. The Kier molecular flexibility index (Phi) is 3.34. The molecule has 3 rings (SSSR count). The molecule has 4 heteroatoms. The Morgan fingerprint density at radius 1 is 1.29 bits per heavy atom. The molecule has 0 saturated carbocycles. The van der Waals surface area contributed by atoms with E-state index in [0.717, 1.165) is 25.8 Å². The van der Waals surface area contributed by atoms with Crippen LogP contribution in [0.5, 0.6) is 0 Å². The van der Waals surface area contributed by atoms with Crippen LogP contribution >= 0.6 is 0 Å². The van der Waals surface area contributed by atoms with Gasteiger partial charge in [0.1, 0.15) is 0 Å². The molecule has 0 aromatic carbocycles. The SMILES string of the molecule is O=C1CCC2CN(CC3CCCN3)CCC2N1. The van der Waals surface area contributed by atoms with Gasteiger partial charge in [-0.25, -0.2) is 0 Å². The Balaban J connectivity index is 1.51. The number of fused-ring (bicyclic) bond motifs is 1. The van der Waals surface area contributed by atoms with E-state index in [2.05, 4.69) is 15.5 Å². The van der Waals surface area contributed by atoms with Crippen molar-refractivity contribution < 1.29 is 4.79 Å². The van der Waals surface area contributed by atoms with E-state index in [4.69, 9.17) is 0 Å². The minimum Gasteiger partial charge on any atom is -0.353 e. The van der Waals surface area contributed by atoms with E-state index in [9.17, 15) is 4.79 Å².